The van der Waals surface area contributed by atoms with Crippen molar-refractivity contribution in [3.05, 3.63) is 65.7 Å². The molecule has 3 heteroatoms. The van der Waals surface area contributed by atoms with E-state index in [1.807, 2.05) is 0 Å². The van der Waals surface area contributed by atoms with Crippen LogP contribution >= 0.6 is 0 Å². The van der Waals surface area contributed by atoms with E-state index in [0.717, 1.165) is 0 Å². The van der Waals surface area contributed by atoms with Gasteiger partial charge in [0, 0.05) is 0 Å². The Labute approximate surface area is 164 Å². The number of hydrogen-bond donors (Lipinski definition) is 0. The molecule has 22 heavy (non-hydrogen) atoms. The number of aryl methyl sites for hydroxylation is 1. The number of hydrogen-bond acceptors (Lipinski definition) is 0. The van der Waals surface area contributed by atoms with Crippen LogP contribution in [0, 0.1) is 6.92 Å². The molecule has 0 aliphatic carbocycles. The molecule has 0 bridgehead atoms. The number of rotatable bonds is 2. The summed E-state index contributed by atoms with van der Waals surface area (Å²) < 4.78 is 0. The maximum absolute atomic E-state index is 2.35. The number of benzene rings is 2. The van der Waals surface area contributed by atoms with Gasteiger partial charge in [0.15, 0.2) is 0 Å². The minimum Gasteiger partial charge on any atom is -1.00 e. The maximum Gasteiger partial charge on any atom is 3.00 e. The van der Waals surface area contributed by atoms with Gasteiger partial charge in [-0.25, -0.2) is 0 Å². The molecule has 0 N–H and O–H groups in total. The van der Waals surface area contributed by atoms with Crippen LogP contribution in [-0.4, -0.2) is 0 Å². The van der Waals surface area contributed by atoms with E-state index in [2.05, 4.69) is 75.4 Å². The molecule has 0 aromatic heterocycles. The smallest absolute Gasteiger partial charge is 1.00 e. The average molecular weight is 409 g/mol. The fourth-order valence-electron chi connectivity index (χ4n) is 2.70. The Morgan fingerprint density at radius 1 is 0.864 bits per heavy atom. The summed E-state index contributed by atoms with van der Waals surface area (Å²) in [7, 11) is 0. The monoisotopic (exact) mass is 407 g/mol. The third-order valence-electron chi connectivity index (χ3n) is 3.87. The third kappa shape index (κ3) is 4.07. The van der Waals surface area contributed by atoms with Crippen molar-refractivity contribution in [3.63, 3.8) is 0 Å². The van der Waals surface area contributed by atoms with Crippen LogP contribution in [0.5, 0.6) is 0 Å². The SMILES string of the molecule is Cc1ccccc1-c1cccc2[cH-]c(C(C)C)cc12.[Cl-].[Cl-].[Zr+3]. The van der Waals surface area contributed by atoms with Crippen molar-refractivity contribution in [3.8, 4) is 11.1 Å². The molecular weight excluding hydrogens is 390 g/mol. The molecule has 3 aromatic carbocycles. The van der Waals surface area contributed by atoms with Crippen molar-refractivity contribution in [2.24, 2.45) is 0 Å². The summed E-state index contributed by atoms with van der Waals surface area (Å²) in [4.78, 5) is 0. The first-order valence-electron chi connectivity index (χ1n) is 6.92. The Kier molecular flexibility index (Phi) is 8.77. The quantitative estimate of drug-likeness (QED) is 0.509. The van der Waals surface area contributed by atoms with Crippen LogP contribution in [0.15, 0.2) is 54.6 Å². The van der Waals surface area contributed by atoms with Gasteiger partial charge in [-0.15, -0.1) is 34.5 Å². The van der Waals surface area contributed by atoms with Crippen molar-refractivity contribution in [1.29, 1.82) is 0 Å². The summed E-state index contributed by atoms with van der Waals surface area (Å²) in [5.41, 5.74) is 5.45. The molecule has 0 spiro atoms. The Morgan fingerprint density at radius 3 is 2.14 bits per heavy atom. The molecule has 0 unspecified atom stereocenters. The van der Waals surface area contributed by atoms with E-state index in [0.29, 0.717) is 5.92 Å². The van der Waals surface area contributed by atoms with E-state index in [1.54, 1.807) is 0 Å². The Hall–Kier alpha value is -0.487. The predicted molar refractivity (Wildman–Crippen MR) is 83.8 cm³/mol. The van der Waals surface area contributed by atoms with Gasteiger partial charge >= 0.3 is 26.2 Å². The van der Waals surface area contributed by atoms with Crippen LogP contribution in [0.1, 0.15) is 30.9 Å². The zero-order valence-corrected chi connectivity index (χ0v) is 17.0. The van der Waals surface area contributed by atoms with E-state index in [4.69, 9.17) is 0 Å². The summed E-state index contributed by atoms with van der Waals surface area (Å²) in [6.45, 7) is 6.68. The van der Waals surface area contributed by atoms with Crippen LogP contribution in [0.2, 0.25) is 0 Å². The van der Waals surface area contributed by atoms with Crippen LogP contribution in [0.3, 0.4) is 0 Å². The summed E-state index contributed by atoms with van der Waals surface area (Å²) in [6, 6.07) is 19.9. The van der Waals surface area contributed by atoms with Crippen LogP contribution in [0.4, 0.5) is 0 Å². The summed E-state index contributed by atoms with van der Waals surface area (Å²) in [5, 5.41) is 2.73. The zero-order valence-electron chi connectivity index (χ0n) is 13.0. The third-order valence-corrected chi connectivity index (χ3v) is 3.87. The fourth-order valence-corrected chi connectivity index (χ4v) is 2.70. The Bertz CT molecular complexity index is 729. The maximum atomic E-state index is 2.35. The van der Waals surface area contributed by atoms with Gasteiger partial charge < -0.3 is 24.8 Å². The van der Waals surface area contributed by atoms with E-state index in [1.165, 1.54) is 33.0 Å². The molecule has 0 aliphatic rings. The molecular formula is C19H19Cl2Zr. The molecule has 0 fully saturated rings. The van der Waals surface area contributed by atoms with Gasteiger partial charge in [-0.3, -0.25) is 0 Å². The Morgan fingerprint density at radius 2 is 1.50 bits per heavy atom. The molecule has 0 nitrogen and oxygen atoms in total. The first kappa shape index (κ1) is 21.5. The van der Waals surface area contributed by atoms with Crippen LogP contribution < -0.4 is 24.8 Å². The molecule has 0 aliphatic heterocycles. The number of halogens is 2. The topological polar surface area (TPSA) is 0 Å². The van der Waals surface area contributed by atoms with E-state index >= 15 is 0 Å². The van der Waals surface area contributed by atoms with Gasteiger partial charge in [-0.2, -0.15) is 6.07 Å². The van der Waals surface area contributed by atoms with Crippen molar-refractivity contribution in [2.45, 2.75) is 26.7 Å². The molecule has 3 rings (SSSR count). The van der Waals surface area contributed by atoms with E-state index in [-0.39, 0.29) is 51.0 Å². The standard InChI is InChI=1S/C19H19.2ClH.Zr/c1-13(2)16-11-15-8-6-10-18(19(15)12-16)17-9-5-4-7-14(17)3;;;/h4-13H,1-3H3;2*1H;/q-1;;;+3/p-2. The first-order chi connectivity index (χ1) is 9.16. The van der Waals surface area contributed by atoms with E-state index in [9.17, 15) is 0 Å². The van der Waals surface area contributed by atoms with Crippen LogP contribution in [0.25, 0.3) is 21.9 Å². The minimum absolute atomic E-state index is 0. The normalized spacial score (nSPS) is 9.82. The van der Waals surface area contributed by atoms with Crippen molar-refractivity contribution in [2.75, 3.05) is 0 Å². The van der Waals surface area contributed by atoms with Gasteiger partial charge in [0.05, 0.1) is 0 Å². The van der Waals surface area contributed by atoms with Crippen molar-refractivity contribution >= 4 is 10.8 Å². The molecule has 3 aromatic rings. The molecule has 0 heterocycles. The van der Waals surface area contributed by atoms with Gasteiger partial charge in [-0.1, -0.05) is 49.7 Å². The molecule has 0 saturated heterocycles. The van der Waals surface area contributed by atoms with Crippen molar-refractivity contribution < 1.29 is 51.0 Å². The second kappa shape index (κ2) is 8.97. The fraction of sp³-hybridized carbons (Fsp3) is 0.211. The molecule has 0 amide bonds. The summed E-state index contributed by atoms with van der Waals surface area (Å²) >= 11 is 0. The molecule has 1 radical (unpaired) electrons. The largest absolute Gasteiger partial charge is 3.00 e. The van der Waals surface area contributed by atoms with Crippen molar-refractivity contribution in [1.82, 2.24) is 0 Å². The second-order valence-corrected chi connectivity index (χ2v) is 5.57. The van der Waals surface area contributed by atoms with Gasteiger partial charge in [-0.05, 0) is 24.0 Å². The Balaban J connectivity index is 0.00000147. The predicted octanol–water partition coefficient (Wildman–Crippen LogP) is -0.337. The average Bonchev–Trinajstić information content (AvgIpc) is 2.83. The van der Waals surface area contributed by atoms with Gasteiger partial charge in [0.1, 0.15) is 0 Å². The van der Waals surface area contributed by atoms with Crippen LogP contribution in [-0.2, 0) is 26.2 Å². The number of fused-ring (bicyclic) bond motifs is 1. The molecule has 0 atom stereocenters. The molecule has 0 saturated carbocycles. The first-order valence-corrected chi connectivity index (χ1v) is 6.92. The minimum atomic E-state index is 0. The zero-order chi connectivity index (χ0) is 13.4. The van der Waals surface area contributed by atoms with E-state index < -0.39 is 0 Å². The summed E-state index contributed by atoms with van der Waals surface area (Å²) in [6.07, 6.45) is 0. The summed E-state index contributed by atoms with van der Waals surface area (Å²) in [5.74, 6) is 0.581. The molecule has 113 valence electrons. The van der Waals surface area contributed by atoms with Gasteiger partial charge in [0.25, 0.3) is 0 Å². The second-order valence-electron chi connectivity index (χ2n) is 5.57. The van der Waals surface area contributed by atoms with Gasteiger partial charge in [0.2, 0.25) is 0 Å².